The van der Waals surface area contributed by atoms with Crippen LogP contribution in [0.25, 0.3) is 17.0 Å². The first kappa shape index (κ1) is 22.3. The molecule has 1 amide bonds. The first-order valence-electron chi connectivity index (χ1n) is 11.2. The lowest BCUT2D eigenvalue weighted by Gasteiger charge is -2.28. The Hall–Kier alpha value is -3.52. The van der Waals surface area contributed by atoms with Gasteiger partial charge in [-0.25, -0.2) is 4.39 Å². The monoisotopic (exact) mass is 479 g/mol. The minimum atomic E-state index is -0.524. The molecule has 0 bridgehead atoms. The van der Waals surface area contributed by atoms with E-state index in [1.165, 1.54) is 16.6 Å². The summed E-state index contributed by atoms with van der Waals surface area (Å²) in [5.41, 5.74) is 1.56. The Morgan fingerprint density at radius 2 is 1.88 bits per heavy atom. The highest BCUT2D eigenvalue weighted by molar-refractivity contribution is 6.30. The third kappa shape index (κ3) is 4.33. The molecule has 1 fully saturated rings. The van der Waals surface area contributed by atoms with Crippen molar-refractivity contribution in [2.75, 3.05) is 13.2 Å². The third-order valence-electron chi connectivity index (χ3n) is 6.25. The molecule has 0 aliphatic heterocycles. The quantitative estimate of drug-likeness (QED) is 0.392. The minimum absolute atomic E-state index is 0.00605. The lowest BCUT2D eigenvalue weighted by Crippen LogP contribution is -2.44. The molecule has 2 heterocycles. The average Bonchev–Trinajstić information content (AvgIpc) is 3.50. The fourth-order valence-electron chi connectivity index (χ4n) is 4.54. The first-order chi connectivity index (χ1) is 16.5. The second-order valence-electron chi connectivity index (χ2n) is 8.38. The molecule has 1 aliphatic rings. The fraction of sp³-hybridized carbons (Fsp3) is 0.280. The number of nitrogens with zero attached hydrogens (tertiary/aromatic N) is 4. The number of benzene rings is 2. The molecular formula is C25H23ClFN5O2. The average molecular weight is 480 g/mol. The molecule has 9 heteroatoms. The number of nitrogens with one attached hydrogen (secondary N) is 1. The van der Waals surface area contributed by atoms with Crippen LogP contribution < -0.4 is 10.1 Å². The van der Waals surface area contributed by atoms with Gasteiger partial charge in [-0.3, -0.25) is 4.79 Å². The zero-order chi connectivity index (χ0) is 23.5. The lowest BCUT2D eigenvalue weighted by molar-refractivity contribution is -0.126. The van der Waals surface area contributed by atoms with Crippen molar-refractivity contribution in [1.29, 1.82) is 0 Å². The number of fused-ring (bicyclic) bond motifs is 1. The second kappa shape index (κ2) is 9.38. The van der Waals surface area contributed by atoms with Crippen molar-refractivity contribution < 1.29 is 13.9 Å². The molecule has 0 atom stereocenters. The van der Waals surface area contributed by atoms with Crippen molar-refractivity contribution in [3.63, 3.8) is 0 Å². The fourth-order valence-corrected chi connectivity index (χ4v) is 4.67. The number of aromatic nitrogens is 4. The molecule has 1 saturated carbocycles. The number of hydrogen-bond donors (Lipinski definition) is 1. The summed E-state index contributed by atoms with van der Waals surface area (Å²) in [6.45, 7) is 0.588. The van der Waals surface area contributed by atoms with E-state index in [4.69, 9.17) is 16.3 Å². The summed E-state index contributed by atoms with van der Waals surface area (Å²) in [7, 11) is 0. The zero-order valence-electron chi connectivity index (χ0n) is 18.4. The zero-order valence-corrected chi connectivity index (χ0v) is 19.1. The van der Waals surface area contributed by atoms with Gasteiger partial charge >= 0.3 is 0 Å². The van der Waals surface area contributed by atoms with Crippen LogP contribution in [0.15, 0.2) is 60.7 Å². The van der Waals surface area contributed by atoms with Gasteiger partial charge in [-0.15, -0.1) is 15.3 Å². The van der Waals surface area contributed by atoms with E-state index in [0.29, 0.717) is 34.5 Å². The van der Waals surface area contributed by atoms with E-state index in [0.717, 1.165) is 31.2 Å². The number of carbonyl (C=O) groups is 1. The van der Waals surface area contributed by atoms with Gasteiger partial charge in [0.25, 0.3) is 0 Å². The van der Waals surface area contributed by atoms with Crippen molar-refractivity contribution in [3.8, 4) is 17.3 Å². The van der Waals surface area contributed by atoms with Crippen LogP contribution in [0.5, 0.6) is 5.88 Å². The van der Waals surface area contributed by atoms with E-state index in [1.807, 2.05) is 24.3 Å². The normalized spacial score (nSPS) is 14.9. The van der Waals surface area contributed by atoms with Gasteiger partial charge in [-0.2, -0.15) is 4.52 Å². The predicted molar refractivity (Wildman–Crippen MR) is 126 cm³/mol. The second-order valence-corrected chi connectivity index (χ2v) is 8.81. The van der Waals surface area contributed by atoms with E-state index in [9.17, 15) is 9.18 Å². The summed E-state index contributed by atoms with van der Waals surface area (Å²) in [6.07, 6.45) is 3.66. The van der Waals surface area contributed by atoms with Crippen LogP contribution in [0.3, 0.4) is 0 Å². The molecule has 174 valence electrons. The van der Waals surface area contributed by atoms with Crippen LogP contribution >= 0.6 is 11.6 Å². The molecule has 4 aromatic rings. The van der Waals surface area contributed by atoms with Gasteiger partial charge in [0.15, 0.2) is 11.5 Å². The summed E-state index contributed by atoms with van der Waals surface area (Å²) in [4.78, 5) is 13.2. The van der Waals surface area contributed by atoms with Crippen LogP contribution in [0, 0.1) is 5.82 Å². The molecule has 1 N–H and O–H groups in total. The molecule has 2 aromatic heterocycles. The Balaban J connectivity index is 1.24. The predicted octanol–water partition coefficient (Wildman–Crippen LogP) is 4.59. The van der Waals surface area contributed by atoms with Gasteiger partial charge in [0.1, 0.15) is 12.4 Å². The van der Waals surface area contributed by atoms with E-state index in [1.54, 1.807) is 24.3 Å². The van der Waals surface area contributed by atoms with E-state index in [2.05, 4.69) is 20.6 Å². The van der Waals surface area contributed by atoms with Gasteiger partial charge in [0.05, 0.1) is 12.0 Å². The smallest absolute Gasteiger partial charge is 0.231 e. The van der Waals surface area contributed by atoms with Gasteiger partial charge in [0.2, 0.25) is 11.8 Å². The number of carbonyl (C=O) groups excluding carboxylic acids is 1. The van der Waals surface area contributed by atoms with Crippen molar-refractivity contribution in [2.24, 2.45) is 0 Å². The third-order valence-corrected chi connectivity index (χ3v) is 6.50. The Kier molecular flexibility index (Phi) is 6.15. The van der Waals surface area contributed by atoms with Crippen LogP contribution in [0.2, 0.25) is 5.02 Å². The molecule has 2 aromatic carbocycles. The number of amides is 1. The van der Waals surface area contributed by atoms with E-state index in [-0.39, 0.29) is 18.3 Å². The lowest BCUT2D eigenvalue weighted by atomic mass is 9.78. The van der Waals surface area contributed by atoms with Gasteiger partial charge in [-0.05, 0) is 48.7 Å². The van der Waals surface area contributed by atoms with Crippen molar-refractivity contribution >= 4 is 23.2 Å². The molecular weight excluding hydrogens is 457 g/mol. The van der Waals surface area contributed by atoms with Gasteiger partial charge in [0, 0.05) is 16.7 Å². The maximum atomic E-state index is 13.6. The van der Waals surface area contributed by atoms with Crippen molar-refractivity contribution in [3.05, 3.63) is 77.1 Å². The Labute approximate surface area is 200 Å². The molecule has 0 spiro atoms. The van der Waals surface area contributed by atoms with Crippen LogP contribution in [0.4, 0.5) is 4.39 Å². The van der Waals surface area contributed by atoms with E-state index >= 15 is 0 Å². The minimum Gasteiger partial charge on any atom is -0.475 e. The molecule has 34 heavy (non-hydrogen) atoms. The summed E-state index contributed by atoms with van der Waals surface area (Å²) in [5.74, 6) is 0.412. The standard InChI is InChI=1S/C25H23ClFN5O2/c26-19-8-6-18(7-9-19)25(12-1-2-13-25)24(33)28-14-15-34-22-11-10-21-29-30-23(32(21)31-22)17-4-3-5-20(27)16-17/h3-11,16H,1-2,12-15H2,(H,28,33). The molecule has 1 aliphatic carbocycles. The van der Waals surface area contributed by atoms with Gasteiger partial charge < -0.3 is 10.1 Å². The Morgan fingerprint density at radius 1 is 1.09 bits per heavy atom. The van der Waals surface area contributed by atoms with Crippen LogP contribution in [0.1, 0.15) is 31.2 Å². The molecule has 7 nitrogen and oxygen atoms in total. The highest BCUT2D eigenvalue weighted by Crippen LogP contribution is 2.41. The number of halogens is 2. The first-order valence-corrected chi connectivity index (χ1v) is 11.6. The number of ether oxygens (including phenoxy) is 1. The molecule has 0 saturated heterocycles. The Morgan fingerprint density at radius 3 is 2.65 bits per heavy atom. The highest BCUT2D eigenvalue weighted by atomic mass is 35.5. The van der Waals surface area contributed by atoms with Crippen LogP contribution in [-0.2, 0) is 10.2 Å². The van der Waals surface area contributed by atoms with E-state index < -0.39 is 5.41 Å². The number of hydrogen-bond acceptors (Lipinski definition) is 5. The topological polar surface area (TPSA) is 81.4 Å². The summed E-state index contributed by atoms with van der Waals surface area (Å²) < 4.78 is 20.9. The summed E-state index contributed by atoms with van der Waals surface area (Å²) >= 11 is 6.04. The van der Waals surface area contributed by atoms with Crippen molar-refractivity contribution in [1.82, 2.24) is 25.1 Å². The number of rotatable bonds is 7. The maximum Gasteiger partial charge on any atom is 0.231 e. The summed E-state index contributed by atoms with van der Waals surface area (Å²) in [6, 6.07) is 17.1. The molecule has 0 unspecified atom stereocenters. The summed E-state index contributed by atoms with van der Waals surface area (Å²) in [5, 5.41) is 16.3. The maximum absolute atomic E-state index is 13.6. The van der Waals surface area contributed by atoms with Crippen LogP contribution in [-0.4, -0.2) is 38.9 Å². The van der Waals surface area contributed by atoms with Gasteiger partial charge in [-0.1, -0.05) is 48.7 Å². The highest BCUT2D eigenvalue weighted by Gasteiger charge is 2.42. The largest absolute Gasteiger partial charge is 0.475 e. The van der Waals surface area contributed by atoms with Crippen molar-refractivity contribution in [2.45, 2.75) is 31.1 Å². The SMILES string of the molecule is O=C(NCCOc1ccc2nnc(-c3cccc(F)c3)n2n1)C1(c2ccc(Cl)cc2)CCCC1. The molecule has 5 rings (SSSR count). The Bertz CT molecular complexity index is 1320. The molecule has 0 radical (unpaired) electrons.